The first-order chi connectivity index (χ1) is 7.22. The molecule has 1 atom stereocenters. The van der Waals surface area contributed by atoms with Crippen LogP contribution in [-0.4, -0.2) is 31.7 Å². The van der Waals surface area contributed by atoms with Gasteiger partial charge in [-0.05, 0) is 19.8 Å². The maximum absolute atomic E-state index is 11.4. The Labute approximate surface area is 92.6 Å². The third kappa shape index (κ3) is 8.39. The summed E-state index contributed by atoms with van der Waals surface area (Å²) >= 11 is 0. The predicted molar refractivity (Wildman–Crippen MR) is 61.6 cm³/mol. The van der Waals surface area contributed by atoms with Crippen molar-refractivity contribution in [2.24, 2.45) is 5.73 Å². The first kappa shape index (κ1) is 14.4. The smallest absolute Gasteiger partial charge is 0.236 e. The zero-order valence-corrected chi connectivity index (χ0v) is 9.92. The minimum absolute atomic E-state index is 0.0417. The minimum Gasteiger partial charge on any atom is -0.382 e. The van der Waals surface area contributed by atoms with Gasteiger partial charge in [-0.2, -0.15) is 0 Å². The van der Waals surface area contributed by atoms with Gasteiger partial charge in [0.25, 0.3) is 0 Å². The van der Waals surface area contributed by atoms with Crippen molar-refractivity contribution in [1.82, 2.24) is 5.32 Å². The van der Waals surface area contributed by atoms with Crippen molar-refractivity contribution in [2.75, 3.05) is 19.8 Å². The molecule has 1 amide bonds. The Kier molecular flexibility index (Phi) is 9.52. The van der Waals surface area contributed by atoms with E-state index in [2.05, 4.69) is 12.2 Å². The lowest BCUT2D eigenvalue weighted by Gasteiger charge is -2.11. The molecule has 0 saturated carbocycles. The zero-order chi connectivity index (χ0) is 11.5. The van der Waals surface area contributed by atoms with E-state index >= 15 is 0 Å². The van der Waals surface area contributed by atoms with Gasteiger partial charge < -0.3 is 15.8 Å². The first-order valence-electron chi connectivity index (χ1n) is 5.83. The highest BCUT2D eigenvalue weighted by atomic mass is 16.5. The number of ether oxygens (including phenoxy) is 1. The van der Waals surface area contributed by atoms with E-state index in [0.29, 0.717) is 13.2 Å². The molecule has 0 aliphatic carbocycles. The molecule has 0 aliphatic heterocycles. The van der Waals surface area contributed by atoms with Gasteiger partial charge in [-0.1, -0.05) is 19.8 Å². The SMILES string of the molecule is CCCCC(N)C(=O)NCCCOCC. The van der Waals surface area contributed by atoms with Gasteiger partial charge in [-0.25, -0.2) is 0 Å². The van der Waals surface area contributed by atoms with Crippen molar-refractivity contribution in [3.8, 4) is 0 Å². The number of hydrogen-bond donors (Lipinski definition) is 2. The van der Waals surface area contributed by atoms with E-state index in [1.807, 2.05) is 6.92 Å². The molecule has 3 N–H and O–H groups in total. The van der Waals surface area contributed by atoms with Crippen LogP contribution in [0.25, 0.3) is 0 Å². The second-order valence-electron chi connectivity index (χ2n) is 3.59. The molecule has 0 bridgehead atoms. The molecule has 0 spiro atoms. The predicted octanol–water partition coefficient (Wildman–Crippen LogP) is 1.05. The average molecular weight is 216 g/mol. The highest BCUT2D eigenvalue weighted by Crippen LogP contribution is 1.97. The quantitative estimate of drug-likeness (QED) is 0.566. The van der Waals surface area contributed by atoms with Gasteiger partial charge in [0.05, 0.1) is 6.04 Å². The average Bonchev–Trinajstić information content (AvgIpc) is 2.25. The highest BCUT2D eigenvalue weighted by Gasteiger charge is 2.11. The second kappa shape index (κ2) is 9.93. The Balaban J connectivity index is 3.38. The molecule has 0 heterocycles. The van der Waals surface area contributed by atoms with Crippen molar-refractivity contribution >= 4 is 5.91 Å². The Morgan fingerprint density at radius 2 is 2.13 bits per heavy atom. The van der Waals surface area contributed by atoms with E-state index in [1.54, 1.807) is 0 Å². The lowest BCUT2D eigenvalue weighted by Crippen LogP contribution is -2.41. The summed E-state index contributed by atoms with van der Waals surface area (Å²) in [6.45, 7) is 6.12. The number of amides is 1. The van der Waals surface area contributed by atoms with Gasteiger partial charge in [-0.3, -0.25) is 4.79 Å². The lowest BCUT2D eigenvalue weighted by molar-refractivity contribution is -0.122. The number of nitrogens with one attached hydrogen (secondary N) is 1. The van der Waals surface area contributed by atoms with Crippen LogP contribution in [0.1, 0.15) is 39.5 Å². The summed E-state index contributed by atoms with van der Waals surface area (Å²) in [4.78, 5) is 11.4. The summed E-state index contributed by atoms with van der Waals surface area (Å²) in [5, 5.41) is 2.81. The molecule has 0 aliphatic rings. The minimum atomic E-state index is -0.350. The van der Waals surface area contributed by atoms with E-state index in [-0.39, 0.29) is 11.9 Å². The summed E-state index contributed by atoms with van der Waals surface area (Å²) in [5.74, 6) is -0.0417. The van der Waals surface area contributed by atoms with Crippen LogP contribution in [0, 0.1) is 0 Å². The van der Waals surface area contributed by atoms with E-state index in [1.165, 1.54) is 0 Å². The molecular weight excluding hydrogens is 192 g/mol. The van der Waals surface area contributed by atoms with E-state index < -0.39 is 0 Å². The fourth-order valence-electron chi connectivity index (χ4n) is 1.22. The maximum Gasteiger partial charge on any atom is 0.236 e. The van der Waals surface area contributed by atoms with Crippen molar-refractivity contribution in [3.63, 3.8) is 0 Å². The molecule has 4 nitrogen and oxygen atoms in total. The van der Waals surface area contributed by atoms with Crippen molar-refractivity contribution in [2.45, 2.75) is 45.6 Å². The molecule has 4 heteroatoms. The molecule has 0 fully saturated rings. The molecule has 0 saturated heterocycles. The van der Waals surface area contributed by atoms with Gasteiger partial charge in [-0.15, -0.1) is 0 Å². The number of carbonyl (C=O) groups excluding carboxylic acids is 1. The molecule has 0 aromatic rings. The molecule has 1 unspecified atom stereocenters. The van der Waals surface area contributed by atoms with Crippen LogP contribution < -0.4 is 11.1 Å². The standard InChI is InChI=1S/C11H24N2O2/c1-3-5-7-10(12)11(14)13-8-6-9-15-4-2/h10H,3-9,12H2,1-2H3,(H,13,14). The third-order valence-corrected chi connectivity index (χ3v) is 2.17. The molecular formula is C11H24N2O2. The van der Waals surface area contributed by atoms with Gasteiger partial charge >= 0.3 is 0 Å². The number of nitrogens with two attached hydrogens (primary N) is 1. The van der Waals surface area contributed by atoms with E-state index in [0.717, 1.165) is 32.3 Å². The molecule has 0 aromatic heterocycles. The van der Waals surface area contributed by atoms with Crippen LogP contribution in [0.15, 0.2) is 0 Å². The maximum atomic E-state index is 11.4. The first-order valence-corrected chi connectivity index (χ1v) is 5.83. The third-order valence-electron chi connectivity index (χ3n) is 2.17. The van der Waals surface area contributed by atoms with Crippen LogP contribution in [0.5, 0.6) is 0 Å². The fourth-order valence-corrected chi connectivity index (χ4v) is 1.22. The van der Waals surface area contributed by atoms with Gasteiger partial charge in [0.1, 0.15) is 0 Å². The fraction of sp³-hybridized carbons (Fsp3) is 0.909. The summed E-state index contributed by atoms with van der Waals surface area (Å²) < 4.78 is 5.16. The highest BCUT2D eigenvalue weighted by molar-refractivity contribution is 5.81. The van der Waals surface area contributed by atoms with E-state index in [4.69, 9.17) is 10.5 Å². The number of rotatable bonds is 9. The largest absolute Gasteiger partial charge is 0.382 e. The Bertz CT molecular complexity index is 163. The summed E-state index contributed by atoms with van der Waals surface area (Å²) in [6.07, 6.45) is 3.70. The zero-order valence-electron chi connectivity index (χ0n) is 9.92. The lowest BCUT2D eigenvalue weighted by atomic mass is 10.1. The molecule has 0 aromatic carbocycles. The van der Waals surface area contributed by atoms with Crippen LogP contribution in [-0.2, 0) is 9.53 Å². The number of carbonyl (C=O) groups is 1. The topological polar surface area (TPSA) is 64.4 Å². The van der Waals surface area contributed by atoms with Crippen LogP contribution >= 0.6 is 0 Å². The number of hydrogen-bond acceptors (Lipinski definition) is 3. The molecule has 0 radical (unpaired) electrons. The van der Waals surface area contributed by atoms with Crippen LogP contribution in [0.3, 0.4) is 0 Å². The van der Waals surface area contributed by atoms with E-state index in [9.17, 15) is 4.79 Å². The van der Waals surface area contributed by atoms with Gasteiger partial charge in [0, 0.05) is 19.8 Å². The summed E-state index contributed by atoms with van der Waals surface area (Å²) in [7, 11) is 0. The van der Waals surface area contributed by atoms with Gasteiger partial charge in [0.2, 0.25) is 5.91 Å². The van der Waals surface area contributed by atoms with Crippen molar-refractivity contribution < 1.29 is 9.53 Å². The van der Waals surface area contributed by atoms with Crippen molar-refractivity contribution in [3.05, 3.63) is 0 Å². The summed E-state index contributed by atoms with van der Waals surface area (Å²) in [6, 6.07) is -0.350. The second-order valence-corrected chi connectivity index (χ2v) is 3.59. The Hall–Kier alpha value is -0.610. The molecule has 15 heavy (non-hydrogen) atoms. The Morgan fingerprint density at radius 1 is 1.40 bits per heavy atom. The van der Waals surface area contributed by atoms with Crippen LogP contribution in [0.2, 0.25) is 0 Å². The van der Waals surface area contributed by atoms with Crippen LogP contribution in [0.4, 0.5) is 0 Å². The Morgan fingerprint density at radius 3 is 2.73 bits per heavy atom. The van der Waals surface area contributed by atoms with Crippen molar-refractivity contribution in [1.29, 1.82) is 0 Å². The summed E-state index contributed by atoms with van der Waals surface area (Å²) in [5.41, 5.74) is 5.70. The number of unbranched alkanes of at least 4 members (excludes halogenated alkanes) is 1. The molecule has 0 rings (SSSR count). The normalized spacial score (nSPS) is 12.5. The monoisotopic (exact) mass is 216 g/mol. The molecule has 90 valence electrons. The van der Waals surface area contributed by atoms with Gasteiger partial charge in [0.15, 0.2) is 0 Å².